The molecule has 9 heteroatoms. The van der Waals surface area contributed by atoms with Gasteiger partial charge in [0.1, 0.15) is 0 Å². The van der Waals surface area contributed by atoms with E-state index in [0.29, 0.717) is 19.4 Å². The van der Waals surface area contributed by atoms with Crippen molar-refractivity contribution in [2.24, 2.45) is 5.41 Å². The Labute approximate surface area is 218 Å². The molecule has 37 heavy (non-hydrogen) atoms. The van der Waals surface area contributed by atoms with Gasteiger partial charge in [0.05, 0.1) is 10.9 Å². The Balaban J connectivity index is 1.36. The van der Waals surface area contributed by atoms with Crippen molar-refractivity contribution in [2.75, 3.05) is 6.54 Å². The lowest BCUT2D eigenvalue weighted by Gasteiger charge is -2.44. The molecule has 3 unspecified atom stereocenters. The van der Waals surface area contributed by atoms with E-state index in [2.05, 4.69) is 40.1 Å². The molecule has 0 radical (unpaired) electrons. The number of aromatic amines is 1. The highest BCUT2D eigenvalue weighted by molar-refractivity contribution is 7.89. The van der Waals surface area contributed by atoms with Gasteiger partial charge in [0.15, 0.2) is 0 Å². The highest BCUT2D eigenvalue weighted by Gasteiger charge is 2.40. The molecule has 0 saturated carbocycles. The van der Waals surface area contributed by atoms with E-state index in [-0.39, 0.29) is 34.5 Å². The number of fused-ring (bicyclic) bond motifs is 3. The Morgan fingerprint density at radius 3 is 2.49 bits per heavy atom. The van der Waals surface area contributed by atoms with Gasteiger partial charge in [0, 0.05) is 41.3 Å². The molecule has 1 saturated heterocycles. The second-order valence-electron chi connectivity index (χ2n) is 11.5. The molecule has 1 fully saturated rings. The number of carboxylic acid groups (broad SMARTS) is 1. The maximum Gasteiger partial charge on any atom is 0.407 e. The zero-order chi connectivity index (χ0) is 26.5. The Kier molecular flexibility index (Phi) is 6.58. The third-order valence-electron chi connectivity index (χ3n) is 7.79. The van der Waals surface area contributed by atoms with Crippen molar-refractivity contribution in [3.8, 4) is 0 Å². The highest BCUT2D eigenvalue weighted by Crippen LogP contribution is 2.36. The van der Waals surface area contributed by atoms with E-state index in [1.807, 2.05) is 39.0 Å². The topological polar surface area (TPSA) is 115 Å². The van der Waals surface area contributed by atoms with Gasteiger partial charge in [-0.2, -0.15) is 0 Å². The molecule has 8 nitrogen and oxygen atoms in total. The van der Waals surface area contributed by atoms with Crippen LogP contribution in [0.15, 0.2) is 53.4 Å². The predicted molar refractivity (Wildman–Crippen MR) is 144 cm³/mol. The van der Waals surface area contributed by atoms with Crippen LogP contribution in [-0.4, -0.2) is 54.2 Å². The largest absolute Gasteiger partial charge is 0.465 e. The number of hydrogen-bond donors (Lipinski definition) is 4. The molecule has 3 aromatic rings. The van der Waals surface area contributed by atoms with Gasteiger partial charge in [-0.15, -0.1) is 0 Å². The van der Waals surface area contributed by atoms with E-state index in [4.69, 9.17) is 0 Å². The summed E-state index contributed by atoms with van der Waals surface area (Å²) >= 11 is 0. The smallest absolute Gasteiger partial charge is 0.407 e. The molecular weight excluding hydrogens is 488 g/mol. The molecule has 0 aliphatic carbocycles. The van der Waals surface area contributed by atoms with Crippen LogP contribution in [0, 0.1) is 5.41 Å². The number of para-hydroxylation sites is 1. The number of piperidine rings is 1. The molecular formula is C28H36N4O4S. The van der Waals surface area contributed by atoms with Crippen LogP contribution in [0.25, 0.3) is 10.9 Å². The fourth-order valence-electron chi connectivity index (χ4n) is 5.93. The number of rotatable bonds is 4. The van der Waals surface area contributed by atoms with Crippen molar-refractivity contribution in [1.82, 2.24) is 19.9 Å². The highest BCUT2D eigenvalue weighted by atomic mass is 32.2. The molecule has 4 N–H and O–H groups in total. The first kappa shape index (κ1) is 25.8. The molecule has 1 aromatic heterocycles. The SMILES string of the molecule is C[C@H]1Cc2c([nH]c3ccccc23)C(c2ccc(S(=O)(=O)NC3CCN(C(=O)O)C(C(C)(C)C)C3)cc2)N1. The van der Waals surface area contributed by atoms with Crippen LogP contribution in [0.3, 0.4) is 0 Å². The lowest BCUT2D eigenvalue weighted by atomic mass is 9.79. The van der Waals surface area contributed by atoms with Crippen molar-refractivity contribution >= 4 is 27.0 Å². The van der Waals surface area contributed by atoms with Crippen molar-refractivity contribution in [1.29, 1.82) is 0 Å². The summed E-state index contributed by atoms with van der Waals surface area (Å²) in [5.41, 5.74) is 4.26. The molecule has 5 rings (SSSR count). The number of aromatic nitrogens is 1. The van der Waals surface area contributed by atoms with Gasteiger partial charge in [-0.3, -0.25) is 0 Å². The first-order chi connectivity index (χ1) is 17.4. The number of carbonyl (C=O) groups is 1. The summed E-state index contributed by atoms with van der Waals surface area (Å²) in [6.07, 6.45) is 0.867. The molecule has 0 bridgehead atoms. The summed E-state index contributed by atoms with van der Waals surface area (Å²) in [7, 11) is -3.75. The summed E-state index contributed by atoms with van der Waals surface area (Å²) < 4.78 is 29.4. The second kappa shape index (κ2) is 9.45. The van der Waals surface area contributed by atoms with E-state index < -0.39 is 16.1 Å². The average molecular weight is 525 g/mol. The number of nitrogens with one attached hydrogen (secondary N) is 3. The fraction of sp³-hybridized carbons (Fsp3) is 0.464. The van der Waals surface area contributed by atoms with Crippen molar-refractivity contribution in [2.45, 2.75) is 76.0 Å². The van der Waals surface area contributed by atoms with Crippen LogP contribution in [0.4, 0.5) is 4.79 Å². The molecule has 3 heterocycles. The van der Waals surface area contributed by atoms with Gasteiger partial charge in [0.2, 0.25) is 10.0 Å². The summed E-state index contributed by atoms with van der Waals surface area (Å²) in [4.78, 5) is 16.9. The zero-order valence-corrected chi connectivity index (χ0v) is 22.6. The van der Waals surface area contributed by atoms with Gasteiger partial charge < -0.3 is 20.3 Å². The Morgan fingerprint density at radius 2 is 1.81 bits per heavy atom. The van der Waals surface area contributed by atoms with Crippen LogP contribution in [-0.2, 0) is 16.4 Å². The lowest BCUT2D eigenvalue weighted by molar-refractivity contribution is 0.0515. The number of benzene rings is 2. The maximum absolute atomic E-state index is 13.3. The third-order valence-corrected chi connectivity index (χ3v) is 9.33. The van der Waals surface area contributed by atoms with Crippen LogP contribution in [0.5, 0.6) is 0 Å². The van der Waals surface area contributed by atoms with Gasteiger partial charge >= 0.3 is 6.09 Å². The van der Waals surface area contributed by atoms with E-state index in [1.165, 1.54) is 15.8 Å². The van der Waals surface area contributed by atoms with E-state index >= 15 is 0 Å². The van der Waals surface area contributed by atoms with Crippen LogP contribution in [0.2, 0.25) is 0 Å². The standard InChI is InChI=1S/C28H36N4O4S/c1-17-15-22-21-7-5-6-8-23(21)30-26(22)25(29-17)18-9-11-20(12-10-18)37(35,36)31-19-13-14-32(27(33)34)24(16-19)28(2,3)4/h5-12,17,19,24-25,29-31H,13-16H2,1-4H3,(H,33,34)/t17-,19?,24?,25?/m0/s1. The fourth-order valence-corrected chi connectivity index (χ4v) is 7.22. The van der Waals surface area contributed by atoms with Crippen LogP contribution >= 0.6 is 0 Å². The Morgan fingerprint density at radius 1 is 1.11 bits per heavy atom. The van der Waals surface area contributed by atoms with Crippen LogP contribution < -0.4 is 10.0 Å². The molecule has 1 amide bonds. The van der Waals surface area contributed by atoms with Crippen molar-refractivity contribution in [3.63, 3.8) is 0 Å². The number of amides is 1. The second-order valence-corrected chi connectivity index (χ2v) is 13.3. The summed E-state index contributed by atoms with van der Waals surface area (Å²) in [5.74, 6) is 0. The zero-order valence-electron chi connectivity index (χ0n) is 21.8. The van der Waals surface area contributed by atoms with E-state index in [0.717, 1.165) is 23.2 Å². The third kappa shape index (κ3) is 5.00. The number of hydrogen-bond acceptors (Lipinski definition) is 4. The Hall–Kier alpha value is -2.88. The normalized spacial score (nSPS) is 24.7. The molecule has 2 aromatic carbocycles. The first-order valence-corrected chi connectivity index (χ1v) is 14.4. The van der Waals surface area contributed by atoms with E-state index in [1.54, 1.807) is 12.1 Å². The number of H-pyrrole nitrogens is 1. The molecule has 198 valence electrons. The van der Waals surface area contributed by atoms with Crippen molar-refractivity contribution in [3.05, 3.63) is 65.4 Å². The quantitative estimate of drug-likeness (QED) is 0.397. The average Bonchev–Trinajstić information content (AvgIpc) is 3.21. The number of nitrogens with zero attached hydrogens (tertiary/aromatic N) is 1. The summed E-state index contributed by atoms with van der Waals surface area (Å²) in [6, 6.07) is 15.0. The van der Waals surface area contributed by atoms with Gasteiger partial charge in [0.25, 0.3) is 0 Å². The molecule has 0 spiro atoms. The molecule has 4 atom stereocenters. The maximum atomic E-state index is 13.3. The van der Waals surface area contributed by atoms with Gasteiger partial charge in [-0.05, 0) is 60.9 Å². The number of likely N-dealkylation sites (tertiary alicyclic amines) is 1. The predicted octanol–water partition coefficient (Wildman–Crippen LogP) is 4.63. The van der Waals surface area contributed by atoms with Gasteiger partial charge in [-0.25, -0.2) is 17.9 Å². The minimum absolute atomic E-state index is 0.0521. The molecule has 2 aliphatic heterocycles. The lowest BCUT2D eigenvalue weighted by Crippen LogP contribution is -2.55. The van der Waals surface area contributed by atoms with E-state index in [9.17, 15) is 18.3 Å². The Bertz CT molecular complexity index is 1410. The molecule has 2 aliphatic rings. The monoisotopic (exact) mass is 524 g/mol. The number of sulfonamides is 1. The minimum atomic E-state index is -3.75. The summed E-state index contributed by atoms with van der Waals surface area (Å²) in [6.45, 7) is 8.44. The van der Waals surface area contributed by atoms with Crippen LogP contribution in [0.1, 0.15) is 63.4 Å². The minimum Gasteiger partial charge on any atom is -0.465 e. The van der Waals surface area contributed by atoms with Gasteiger partial charge in [-0.1, -0.05) is 51.1 Å². The van der Waals surface area contributed by atoms with Crippen molar-refractivity contribution < 1.29 is 18.3 Å². The summed E-state index contributed by atoms with van der Waals surface area (Å²) in [5, 5.41) is 14.5. The first-order valence-electron chi connectivity index (χ1n) is 12.9.